The topological polar surface area (TPSA) is 49.2 Å². The van der Waals surface area contributed by atoms with E-state index < -0.39 is 0 Å². The zero-order valence-corrected chi connectivity index (χ0v) is 10.7. The van der Waals surface area contributed by atoms with E-state index in [1.807, 2.05) is 18.9 Å². The molecular weight excluding hydrogens is 226 g/mol. The first-order chi connectivity index (χ1) is 7.52. The highest BCUT2D eigenvalue weighted by Gasteiger charge is 2.07. The Kier molecular flexibility index (Phi) is 4.96. The maximum Gasteiger partial charge on any atom is 0.134 e. The number of halogens is 1. The molecule has 1 unspecified atom stereocenters. The molecule has 1 aromatic heterocycles. The van der Waals surface area contributed by atoms with Crippen molar-refractivity contribution in [2.24, 2.45) is 0 Å². The fourth-order valence-electron chi connectivity index (χ4n) is 1.30. The number of aromatic nitrogens is 2. The molecule has 1 atom stereocenters. The minimum atomic E-state index is -0.301. The maximum absolute atomic E-state index is 9.22. The molecule has 0 spiro atoms. The van der Waals surface area contributed by atoms with Crippen LogP contribution in [0.4, 0.5) is 5.82 Å². The minimum Gasteiger partial charge on any atom is -0.393 e. The average Bonchev–Trinajstić information content (AvgIpc) is 2.24. The van der Waals surface area contributed by atoms with Crippen LogP contribution in [0.5, 0.6) is 0 Å². The van der Waals surface area contributed by atoms with E-state index in [9.17, 15) is 5.11 Å². The summed E-state index contributed by atoms with van der Waals surface area (Å²) in [5.41, 5.74) is 0. The summed E-state index contributed by atoms with van der Waals surface area (Å²) in [5.74, 6) is 1.55. The number of hydrogen-bond donors (Lipinski definition) is 1. The summed E-state index contributed by atoms with van der Waals surface area (Å²) in [4.78, 5) is 10.5. The Morgan fingerprint density at radius 2 is 2.19 bits per heavy atom. The van der Waals surface area contributed by atoms with Crippen LogP contribution in [0.1, 0.15) is 26.1 Å². The third kappa shape index (κ3) is 3.94. The van der Waals surface area contributed by atoms with Crippen LogP contribution in [0.2, 0.25) is 5.15 Å². The van der Waals surface area contributed by atoms with E-state index in [2.05, 4.69) is 9.97 Å². The predicted molar refractivity (Wildman–Crippen MR) is 66.0 cm³/mol. The molecular formula is C11H18ClN3O. The fourth-order valence-corrected chi connectivity index (χ4v) is 1.50. The summed E-state index contributed by atoms with van der Waals surface area (Å²) in [6, 6.07) is 1.74. The molecule has 0 aromatic carbocycles. The van der Waals surface area contributed by atoms with Gasteiger partial charge in [0.1, 0.15) is 16.8 Å². The van der Waals surface area contributed by atoms with Crippen molar-refractivity contribution in [2.45, 2.75) is 32.8 Å². The lowest BCUT2D eigenvalue weighted by molar-refractivity contribution is 0.187. The fraction of sp³-hybridized carbons (Fsp3) is 0.636. The zero-order chi connectivity index (χ0) is 12.1. The Balaban J connectivity index is 2.74. The van der Waals surface area contributed by atoms with E-state index in [4.69, 9.17) is 11.6 Å². The van der Waals surface area contributed by atoms with Gasteiger partial charge >= 0.3 is 0 Å². The van der Waals surface area contributed by atoms with Crippen LogP contribution >= 0.6 is 11.6 Å². The van der Waals surface area contributed by atoms with Crippen molar-refractivity contribution in [3.63, 3.8) is 0 Å². The predicted octanol–water partition coefficient (Wildman–Crippen LogP) is 1.90. The monoisotopic (exact) mass is 243 g/mol. The van der Waals surface area contributed by atoms with E-state index in [1.165, 1.54) is 0 Å². The second-order valence-electron chi connectivity index (χ2n) is 3.88. The summed E-state index contributed by atoms with van der Waals surface area (Å²) in [6.07, 6.45) is 1.17. The van der Waals surface area contributed by atoms with Crippen LogP contribution < -0.4 is 4.90 Å². The lowest BCUT2D eigenvalue weighted by Gasteiger charge is -2.19. The summed E-state index contributed by atoms with van der Waals surface area (Å²) in [5, 5.41) is 9.68. The van der Waals surface area contributed by atoms with E-state index in [0.717, 1.165) is 24.6 Å². The van der Waals surface area contributed by atoms with E-state index >= 15 is 0 Å². The summed E-state index contributed by atoms with van der Waals surface area (Å²) in [6.45, 7) is 4.51. The summed E-state index contributed by atoms with van der Waals surface area (Å²) < 4.78 is 0. The van der Waals surface area contributed by atoms with E-state index in [0.29, 0.717) is 11.6 Å². The molecule has 0 saturated heterocycles. The van der Waals surface area contributed by atoms with Gasteiger partial charge in [-0.2, -0.15) is 0 Å². The Labute approximate surface area is 101 Å². The Morgan fingerprint density at radius 1 is 1.50 bits per heavy atom. The Morgan fingerprint density at radius 3 is 2.75 bits per heavy atom. The zero-order valence-electron chi connectivity index (χ0n) is 9.94. The van der Waals surface area contributed by atoms with Gasteiger partial charge in [-0.1, -0.05) is 18.5 Å². The molecule has 0 fully saturated rings. The van der Waals surface area contributed by atoms with Crippen molar-refractivity contribution in [3.05, 3.63) is 17.0 Å². The molecule has 0 amide bonds. The van der Waals surface area contributed by atoms with Crippen LogP contribution in [-0.2, 0) is 6.42 Å². The first-order valence-electron chi connectivity index (χ1n) is 5.45. The number of anilines is 1. The number of hydrogen-bond acceptors (Lipinski definition) is 4. The van der Waals surface area contributed by atoms with Gasteiger partial charge in [-0.25, -0.2) is 9.97 Å². The van der Waals surface area contributed by atoms with Gasteiger partial charge in [0.05, 0.1) is 6.10 Å². The van der Waals surface area contributed by atoms with Crippen LogP contribution in [0, 0.1) is 0 Å². The molecule has 0 radical (unpaired) electrons. The first kappa shape index (κ1) is 13.2. The van der Waals surface area contributed by atoms with Crippen molar-refractivity contribution >= 4 is 17.4 Å². The molecule has 0 aliphatic carbocycles. The molecule has 0 saturated carbocycles. The van der Waals surface area contributed by atoms with Gasteiger partial charge in [0.15, 0.2) is 0 Å². The lowest BCUT2D eigenvalue weighted by Crippen LogP contribution is -2.23. The van der Waals surface area contributed by atoms with Crippen molar-refractivity contribution < 1.29 is 5.11 Å². The smallest absolute Gasteiger partial charge is 0.134 e. The molecule has 4 nitrogen and oxygen atoms in total. The molecule has 90 valence electrons. The van der Waals surface area contributed by atoms with E-state index in [1.54, 1.807) is 13.0 Å². The lowest BCUT2D eigenvalue weighted by atomic mass is 10.3. The van der Waals surface area contributed by atoms with Gasteiger partial charge in [-0.05, 0) is 13.3 Å². The maximum atomic E-state index is 9.22. The molecule has 1 N–H and O–H groups in total. The third-order valence-corrected chi connectivity index (χ3v) is 2.51. The van der Waals surface area contributed by atoms with Crippen LogP contribution in [0.3, 0.4) is 0 Å². The highest BCUT2D eigenvalue weighted by atomic mass is 35.5. The first-order valence-corrected chi connectivity index (χ1v) is 5.83. The molecule has 1 aromatic rings. The molecule has 16 heavy (non-hydrogen) atoms. The van der Waals surface area contributed by atoms with Gasteiger partial charge in [0.2, 0.25) is 0 Å². The summed E-state index contributed by atoms with van der Waals surface area (Å²) >= 11 is 5.91. The number of aryl methyl sites for hydroxylation is 1. The largest absolute Gasteiger partial charge is 0.393 e. The molecule has 1 heterocycles. The number of nitrogens with zero attached hydrogens (tertiary/aromatic N) is 3. The van der Waals surface area contributed by atoms with Gasteiger partial charge < -0.3 is 10.0 Å². The third-order valence-electron chi connectivity index (χ3n) is 2.32. The Bertz CT molecular complexity index is 344. The molecule has 0 aliphatic heterocycles. The second-order valence-corrected chi connectivity index (χ2v) is 4.27. The number of aliphatic hydroxyl groups excluding tert-OH is 1. The van der Waals surface area contributed by atoms with Crippen molar-refractivity contribution in [2.75, 3.05) is 18.5 Å². The molecule has 0 aliphatic rings. The molecule has 5 heteroatoms. The van der Waals surface area contributed by atoms with Crippen molar-refractivity contribution in [3.8, 4) is 0 Å². The SMILES string of the molecule is CCc1nc(Cl)cc(N(C)CCC(C)O)n1. The Hall–Kier alpha value is -0.870. The minimum absolute atomic E-state index is 0.301. The van der Waals surface area contributed by atoms with E-state index in [-0.39, 0.29) is 6.10 Å². The highest BCUT2D eigenvalue weighted by molar-refractivity contribution is 6.29. The summed E-state index contributed by atoms with van der Waals surface area (Å²) in [7, 11) is 1.93. The van der Waals surface area contributed by atoms with Gasteiger partial charge in [0, 0.05) is 26.1 Å². The van der Waals surface area contributed by atoms with Crippen LogP contribution in [0.25, 0.3) is 0 Å². The van der Waals surface area contributed by atoms with Crippen molar-refractivity contribution in [1.29, 1.82) is 0 Å². The molecule has 1 rings (SSSR count). The van der Waals surface area contributed by atoms with Gasteiger partial charge in [-0.3, -0.25) is 0 Å². The average molecular weight is 244 g/mol. The second kappa shape index (κ2) is 6.01. The van der Waals surface area contributed by atoms with Crippen molar-refractivity contribution in [1.82, 2.24) is 9.97 Å². The van der Waals surface area contributed by atoms with Gasteiger partial charge in [0.25, 0.3) is 0 Å². The van der Waals surface area contributed by atoms with Gasteiger partial charge in [-0.15, -0.1) is 0 Å². The van der Waals surface area contributed by atoms with Crippen LogP contribution in [0.15, 0.2) is 6.07 Å². The quantitative estimate of drug-likeness (QED) is 0.803. The number of rotatable bonds is 5. The normalized spacial score (nSPS) is 12.6. The standard InChI is InChI=1S/C11H18ClN3O/c1-4-10-13-9(12)7-11(14-10)15(3)6-5-8(2)16/h7-8,16H,4-6H2,1-3H3. The van der Waals surface area contributed by atoms with Crippen LogP contribution in [-0.4, -0.2) is 34.8 Å². The highest BCUT2D eigenvalue weighted by Crippen LogP contribution is 2.15. The molecule has 0 bridgehead atoms. The number of aliphatic hydroxyl groups is 1.